The molecule has 0 atom stereocenters. The Morgan fingerprint density at radius 2 is 1.59 bits per heavy atom. The van der Waals surface area contributed by atoms with Gasteiger partial charge in [-0.1, -0.05) is 78.9 Å². The fourth-order valence-corrected chi connectivity index (χ4v) is 4.23. The summed E-state index contributed by atoms with van der Waals surface area (Å²) >= 11 is 0. The number of rotatable bonds is 4. The van der Waals surface area contributed by atoms with Gasteiger partial charge in [0.25, 0.3) is 10.1 Å². The first-order valence-corrected chi connectivity index (χ1v) is 11.0. The summed E-state index contributed by atoms with van der Waals surface area (Å²) < 4.78 is 33.9. The minimum absolute atomic E-state index is 0. The molecule has 0 unspecified atom stereocenters. The van der Waals surface area contributed by atoms with E-state index < -0.39 is 10.1 Å². The Labute approximate surface area is 208 Å². The zero-order valence-corrected chi connectivity index (χ0v) is 20.1. The minimum Gasteiger partial charge on any atom is -1.00 e. The van der Waals surface area contributed by atoms with Crippen LogP contribution in [0.3, 0.4) is 0 Å². The third kappa shape index (κ3) is 4.39. The molecular formula is C24H18N3NaO3S. The van der Waals surface area contributed by atoms with Gasteiger partial charge in [-0.2, -0.15) is 13.2 Å². The SMILES string of the molecule is O=S(=O)(O)c1cc(-n2nc3ccc4ccccc4c3n2)ccc1/C=C/c1ccccc1.[H-].[Na+]. The molecule has 0 aliphatic rings. The van der Waals surface area contributed by atoms with Crippen molar-refractivity contribution in [3.63, 3.8) is 0 Å². The average molecular weight is 451 g/mol. The van der Waals surface area contributed by atoms with Gasteiger partial charge in [-0.15, -0.1) is 10.2 Å². The van der Waals surface area contributed by atoms with E-state index in [1.165, 1.54) is 10.9 Å². The molecular weight excluding hydrogens is 433 g/mol. The molecule has 0 aliphatic carbocycles. The zero-order valence-electron chi connectivity index (χ0n) is 18.3. The van der Waals surface area contributed by atoms with Crippen LogP contribution in [-0.4, -0.2) is 28.0 Å². The van der Waals surface area contributed by atoms with Gasteiger partial charge in [-0.05, 0) is 34.7 Å². The smallest absolute Gasteiger partial charge is 1.00 e. The number of hydrogen-bond donors (Lipinski definition) is 1. The predicted octanol–water partition coefficient (Wildman–Crippen LogP) is 2.11. The van der Waals surface area contributed by atoms with Crippen molar-refractivity contribution in [2.45, 2.75) is 4.90 Å². The molecule has 5 rings (SSSR count). The Bertz CT molecular complexity index is 1570. The van der Waals surface area contributed by atoms with Crippen LogP contribution in [0.2, 0.25) is 0 Å². The second kappa shape index (κ2) is 8.97. The van der Waals surface area contributed by atoms with Crippen LogP contribution in [0.5, 0.6) is 0 Å². The number of fused-ring (bicyclic) bond motifs is 3. The van der Waals surface area contributed by atoms with Crippen molar-refractivity contribution in [3.05, 3.63) is 96.1 Å². The topological polar surface area (TPSA) is 85.1 Å². The molecule has 0 bridgehead atoms. The Kier molecular flexibility index (Phi) is 6.28. The van der Waals surface area contributed by atoms with Gasteiger partial charge in [-0.3, -0.25) is 4.55 Å². The van der Waals surface area contributed by atoms with Crippen LogP contribution in [0.15, 0.2) is 89.8 Å². The molecule has 4 aromatic carbocycles. The van der Waals surface area contributed by atoms with Crippen molar-refractivity contribution < 1.29 is 44.0 Å². The molecule has 154 valence electrons. The van der Waals surface area contributed by atoms with E-state index in [-0.39, 0.29) is 35.9 Å². The quantitative estimate of drug-likeness (QED) is 0.257. The molecule has 6 nitrogen and oxygen atoms in total. The Morgan fingerprint density at radius 1 is 0.844 bits per heavy atom. The average Bonchev–Trinajstić information content (AvgIpc) is 3.23. The monoisotopic (exact) mass is 451 g/mol. The Hall–Kier alpha value is -2.81. The Morgan fingerprint density at radius 3 is 2.38 bits per heavy atom. The number of nitrogens with zero attached hydrogens (tertiary/aromatic N) is 3. The van der Waals surface area contributed by atoms with E-state index in [1.54, 1.807) is 24.3 Å². The van der Waals surface area contributed by atoms with Gasteiger partial charge in [0.1, 0.15) is 15.9 Å². The van der Waals surface area contributed by atoms with E-state index in [1.807, 2.05) is 66.7 Å². The van der Waals surface area contributed by atoms with Crippen molar-refractivity contribution in [3.8, 4) is 5.69 Å². The van der Waals surface area contributed by atoms with E-state index in [2.05, 4.69) is 10.2 Å². The number of hydrogen-bond acceptors (Lipinski definition) is 4. The zero-order chi connectivity index (χ0) is 21.4. The molecule has 0 fully saturated rings. The predicted molar refractivity (Wildman–Crippen MR) is 123 cm³/mol. The third-order valence-corrected chi connectivity index (χ3v) is 5.95. The van der Waals surface area contributed by atoms with Crippen molar-refractivity contribution in [1.82, 2.24) is 15.0 Å². The third-order valence-electron chi connectivity index (χ3n) is 5.04. The van der Waals surface area contributed by atoms with Gasteiger partial charge >= 0.3 is 29.6 Å². The summed E-state index contributed by atoms with van der Waals surface area (Å²) in [6.45, 7) is 0. The standard InChI is InChI=1S/C24H17N3O3S.Na.H/c28-31(29,30)23-16-20(14-12-19(23)11-10-17-6-2-1-3-7-17)27-25-22-15-13-18-8-4-5-9-21(18)24(22)26-27;;/h1-16H,(H,28,29,30);;/q;+1;-1/b11-10+;;. The summed E-state index contributed by atoms with van der Waals surface area (Å²) in [6.07, 6.45) is 3.44. The first kappa shape index (κ1) is 22.4. The molecule has 0 radical (unpaired) electrons. The maximum atomic E-state index is 12.1. The molecule has 1 aromatic heterocycles. The van der Waals surface area contributed by atoms with Crippen molar-refractivity contribution in [1.29, 1.82) is 0 Å². The largest absolute Gasteiger partial charge is 1.00 e. The van der Waals surface area contributed by atoms with Gasteiger partial charge in [0.05, 0.1) is 5.69 Å². The summed E-state index contributed by atoms with van der Waals surface area (Å²) in [5.74, 6) is 0. The minimum atomic E-state index is -4.45. The number of aromatic nitrogens is 3. The van der Waals surface area contributed by atoms with Crippen LogP contribution in [-0.2, 0) is 10.1 Å². The van der Waals surface area contributed by atoms with Crippen LogP contribution in [0.4, 0.5) is 0 Å². The molecule has 5 aromatic rings. The van der Waals surface area contributed by atoms with Gasteiger partial charge < -0.3 is 1.43 Å². The molecule has 8 heteroatoms. The van der Waals surface area contributed by atoms with Gasteiger partial charge in [0, 0.05) is 5.39 Å². The van der Waals surface area contributed by atoms with Crippen LogP contribution in [0.25, 0.3) is 39.6 Å². The van der Waals surface area contributed by atoms with Crippen LogP contribution in [0, 0.1) is 0 Å². The van der Waals surface area contributed by atoms with Gasteiger partial charge in [-0.25, -0.2) is 0 Å². The van der Waals surface area contributed by atoms with E-state index in [9.17, 15) is 13.0 Å². The molecule has 1 heterocycles. The van der Waals surface area contributed by atoms with E-state index in [0.29, 0.717) is 16.8 Å². The van der Waals surface area contributed by atoms with Crippen molar-refractivity contribution in [2.75, 3.05) is 0 Å². The first-order valence-electron chi connectivity index (χ1n) is 9.59. The summed E-state index contributed by atoms with van der Waals surface area (Å²) in [5, 5.41) is 11.1. The van der Waals surface area contributed by atoms with Crippen molar-refractivity contribution in [2.24, 2.45) is 0 Å². The van der Waals surface area contributed by atoms with E-state index in [0.717, 1.165) is 21.9 Å². The van der Waals surface area contributed by atoms with Crippen LogP contribution >= 0.6 is 0 Å². The Balaban J connectivity index is 0.00000153. The van der Waals surface area contributed by atoms with Crippen molar-refractivity contribution >= 4 is 44.1 Å². The maximum Gasteiger partial charge on any atom is 1.00 e. The molecule has 32 heavy (non-hydrogen) atoms. The summed E-state index contributed by atoms with van der Waals surface area (Å²) in [7, 11) is -4.45. The van der Waals surface area contributed by atoms with Gasteiger partial charge in [0.2, 0.25) is 0 Å². The first-order chi connectivity index (χ1) is 15.0. The molecule has 1 N–H and O–H groups in total. The molecule has 0 saturated heterocycles. The summed E-state index contributed by atoms with van der Waals surface area (Å²) in [4.78, 5) is 1.18. The molecule has 0 aliphatic heterocycles. The summed E-state index contributed by atoms with van der Waals surface area (Å²) in [5.41, 5.74) is 3.14. The molecule has 0 spiro atoms. The fraction of sp³-hybridized carbons (Fsp3) is 0. The summed E-state index contributed by atoms with van der Waals surface area (Å²) in [6, 6.07) is 25.9. The van der Waals surface area contributed by atoms with Crippen LogP contribution in [0.1, 0.15) is 12.6 Å². The second-order valence-electron chi connectivity index (χ2n) is 7.09. The molecule has 0 amide bonds. The normalized spacial score (nSPS) is 11.8. The van der Waals surface area contributed by atoms with Crippen LogP contribution < -0.4 is 29.6 Å². The fourth-order valence-electron chi connectivity index (χ4n) is 3.52. The maximum absolute atomic E-state index is 12.1. The van der Waals surface area contributed by atoms with Gasteiger partial charge in [0.15, 0.2) is 0 Å². The van der Waals surface area contributed by atoms with E-state index in [4.69, 9.17) is 0 Å². The van der Waals surface area contributed by atoms with E-state index >= 15 is 0 Å². The number of benzene rings is 4. The second-order valence-corrected chi connectivity index (χ2v) is 8.48. The molecule has 0 saturated carbocycles.